The molecular formula is C17H19N3. The molecule has 0 bridgehead atoms. The van der Waals surface area contributed by atoms with E-state index < -0.39 is 0 Å². The average molecular weight is 265 g/mol. The maximum absolute atomic E-state index is 9.68. The molecule has 1 aromatic carbocycles. The van der Waals surface area contributed by atoms with Crippen molar-refractivity contribution in [1.29, 1.82) is 5.26 Å². The summed E-state index contributed by atoms with van der Waals surface area (Å²) >= 11 is 0. The first-order valence-electron chi connectivity index (χ1n) is 7.14. The van der Waals surface area contributed by atoms with Crippen molar-refractivity contribution in [2.75, 3.05) is 0 Å². The molecule has 0 unspecified atom stereocenters. The van der Waals surface area contributed by atoms with Crippen molar-refractivity contribution in [3.63, 3.8) is 0 Å². The number of aromatic nitrogens is 2. The summed E-state index contributed by atoms with van der Waals surface area (Å²) in [5, 5.41) is 14.3. The van der Waals surface area contributed by atoms with Crippen LogP contribution in [-0.4, -0.2) is 9.78 Å². The predicted molar refractivity (Wildman–Crippen MR) is 78.2 cm³/mol. The van der Waals surface area contributed by atoms with Crippen LogP contribution in [0.5, 0.6) is 0 Å². The maximum Gasteiger partial charge on any atom is 0.0710 e. The zero-order valence-electron chi connectivity index (χ0n) is 12.0. The number of nitrogens with zero attached hydrogens (tertiary/aromatic N) is 3. The molecule has 3 nitrogen and oxygen atoms in total. The zero-order valence-corrected chi connectivity index (χ0v) is 12.0. The Bertz CT molecular complexity index is 636. The molecule has 3 heteroatoms. The molecule has 0 spiro atoms. The minimum Gasteiger partial charge on any atom is -0.270 e. The van der Waals surface area contributed by atoms with Gasteiger partial charge in [-0.1, -0.05) is 24.3 Å². The van der Waals surface area contributed by atoms with Gasteiger partial charge in [0.2, 0.25) is 0 Å². The number of hydrogen-bond donors (Lipinski definition) is 0. The van der Waals surface area contributed by atoms with Gasteiger partial charge < -0.3 is 0 Å². The third-order valence-electron chi connectivity index (χ3n) is 4.13. The molecule has 1 heterocycles. The van der Waals surface area contributed by atoms with Gasteiger partial charge in [-0.25, -0.2) is 0 Å². The van der Waals surface area contributed by atoms with E-state index in [9.17, 15) is 5.26 Å². The standard InChI is InChI=1S/C17H19N3/c1-13(2)20-8-7-16(19-20)11-17(12-18)9-14-5-3-4-6-15(14)10-17/h3-8,13H,9-11H2,1-2H3. The Morgan fingerprint density at radius 2 is 1.90 bits per heavy atom. The average Bonchev–Trinajstić information content (AvgIpc) is 3.03. The van der Waals surface area contributed by atoms with Crippen molar-refractivity contribution in [3.05, 3.63) is 53.3 Å². The second-order valence-corrected chi connectivity index (χ2v) is 6.07. The summed E-state index contributed by atoms with van der Waals surface area (Å²) in [7, 11) is 0. The monoisotopic (exact) mass is 265 g/mol. The van der Waals surface area contributed by atoms with Crippen LogP contribution >= 0.6 is 0 Å². The fourth-order valence-electron chi connectivity index (χ4n) is 3.04. The van der Waals surface area contributed by atoms with Crippen LogP contribution in [0.25, 0.3) is 0 Å². The van der Waals surface area contributed by atoms with Gasteiger partial charge in [0.05, 0.1) is 17.2 Å². The summed E-state index contributed by atoms with van der Waals surface area (Å²) in [6.45, 7) is 4.23. The molecule has 0 saturated heterocycles. The molecule has 1 aromatic heterocycles. The van der Waals surface area contributed by atoms with Crippen LogP contribution in [0.15, 0.2) is 36.5 Å². The number of fused-ring (bicyclic) bond motifs is 1. The van der Waals surface area contributed by atoms with Gasteiger partial charge in [0, 0.05) is 18.7 Å². The van der Waals surface area contributed by atoms with Crippen LogP contribution < -0.4 is 0 Å². The van der Waals surface area contributed by atoms with E-state index in [1.807, 2.05) is 16.9 Å². The summed E-state index contributed by atoms with van der Waals surface area (Å²) < 4.78 is 1.96. The van der Waals surface area contributed by atoms with E-state index >= 15 is 0 Å². The molecule has 1 aliphatic rings. The van der Waals surface area contributed by atoms with Crippen LogP contribution in [0, 0.1) is 16.7 Å². The van der Waals surface area contributed by atoms with Crippen molar-refractivity contribution < 1.29 is 0 Å². The van der Waals surface area contributed by atoms with Gasteiger partial charge in [0.15, 0.2) is 0 Å². The van der Waals surface area contributed by atoms with Crippen molar-refractivity contribution in [1.82, 2.24) is 9.78 Å². The molecule has 0 fully saturated rings. The van der Waals surface area contributed by atoms with E-state index in [-0.39, 0.29) is 5.41 Å². The SMILES string of the molecule is CC(C)n1ccc(CC2(C#N)Cc3ccccc3C2)n1. The largest absolute Gasteiger partial charge is 0.270 e. The van der Waals surface area contributed by atoms with Crippen molar-refractivity contribution in [2.45, 2.75) is 39.2 Å². The minimum absolute atomic E-state index is 0.320. The first kappa shape index (κ1) is 12.9. The Kier molecular flexibility index (Phi) is 3.10. The molecule has 20 heavy (non-hydrogen) atoms. The number of hydrogen-bond acceptors (Lipinski definition) is 2. The highest BCUT2D eigenvalue weighted by molar-refractivity contribution is 5.37. The quantitative estimate of drug-likeness (QED) is 0.854. The van der Waals surface area contributed by atoms with E-state index in [4.69, 9.17) is 0 Å². The predicted octanol–water partition coefficient (Wildman–Crippen LogP) is 3.32. The van der Waals surface area contributed by atoms with E-state index in [1.54, 1.807) is 0 Å². The van der Waals surface area contributed by atoms with Gasteiger partial charge in [-0.15, -0.1) is 0 Å². The van der Waals surface area contributed by atoms with Crippen molar-refractivity contribution in [3.8, 4) is 6.07 Å². The van der Waals surface area contributed by atoms with Gasteiger partial charge in [-0.3, -0.25) is 4.68 Å². The maximum atomic E-state index is 9.68. The topological polar surface area (TPSA) is 41.6 Å². The lowest BCUT2D eigenvalue weighted by atomic mass is 9.82. The molecule has 0 amide bonds. The highest BCUT2D eigenvalue weighted by atomic mass is 15.3. The number of rotatable bonds is 3. The summed E-state index contributed by atoms with van der Waals surface area (Å²) in [4.78, 5) is 0. The summed E-state index contributed by atoms with van der Waals surface area (Å²) in [6, 6.07) is 13.4. The van der Waals surface area contributed by atoms with Gasteiger partial charge in [-0.05, 0) is 43.9 Å². The van der Waals surface area contributed by atoms with Crippen LogP contribution in [0.4, 0.5) is 0 Å². The van der Waals surface area contributed by atoms with Gasteiger partial charge in [0.1, 0.15) is 0 Å². The van der Waals surface area contributed by atoms with Crippen LogP contribution in [0.1, 0.15) is 36.7 Å². The molecule has 0 saturated carbocycles. The highest BCUT2D eigenvalue weighted by Gasteiger charge is 2.38. The highest BCUT2D eigenvalue weighted by Crippen LogP contribution is 2.38. The van der Waals surface area contributed by atoms with Gasteiger partial charge in [0.25, 0.3) is 0 Å². The van der Waals surface area contributed by atoms with E-state index in [0.29, 0.717) is 6.04 Å². The molecule has 0 aliphatic heterocycles. The summed E-state index contributed by atoms with van der Waals surface area (Å²) in [6.07, 6.45) is 4.42. The molecular weight excluding hydrogens is 246 g/mol. The number of nitriles is 1. The van der Waals surface area contributed by atoms with Gasteiger partial charge in [-0.2, -0.15) is 10.4 Å². The molecule has 1 aliphatic carbocycles. The second-order valence-electron chi connectivity index (χ2n) is 6.07. The molecule has 3 rings (SSSR count). The van der Waals surface area contributed by atoms with E-state index in [0.717, 1.165) is 25.0 Å². The van der Waals surface area contributed by atoms with Crippen molar-refractivity contribution in [2.24, 2.45) is 5.41 Å². The lowest BCUT2D eigenvalue weighted by Crippen LogP contribution is -2.22. The van der Waals surface area contributed by atoms with Crippen LogP contribution in [0.3, 0.4) is 0 Å². The van der Waals surface area contributed by atoms with Crippen LogP contribution in [-0.2, 0) is 19.3 Å². The fraction of sp³-hybridized carbons (Fsp3) is 0.412. The van der Waals surface area contributed by atoms with E-state index in [2.05, 4.69) is 49.3 Å². The third kappa shape index (κ3) is 2.22. The lowest BCUT2D eigenvalue weighted by Gasteiger charge is -2.18. The molecule has 2 aromatic rings. The Morgan fingerprint density at radius 1 is 1.25 bits per heavy atom. The lowest BCUT2D eigenvalue weighted by molar-refractivity contribution is 0.407. The Balaban J connectivity index is 1.84. The van der Waals surface area contributed by atoms with E-state index in [1.165, 1.54) is 11.1 Å². The van der Waals surface area contributed by atoms with Crippen LogP contribution in [0.2, 0.25) is 0 Å². The molecule has 0 atom stereocenters. The zero-order chi connectivity index (χ0) is 14.2. The molecule has 0 radical (unpaired) electrons. The minimum atomic E-state index is -0.320. The molecule has 0 N–H and O–H groups in total. The second kappa shape index (κ2) is 4.79. The Morgan fingerprint density at radius 3 is 2.40 bits per heavy atom. The first-order valence-corrected chi connectivity index (χ1v) is 7.14. The van der Waals surface area contributed by atoms with Gasteiger partial charge >= 0.3 is 0 Å². The fourth-order valence-corrected chi connectivity index (χ4v) is 3.04. The Hall–Kier alpha value is -2.08. The normalized spacial score (nSPS) is 16.1. The Labute approximate surface area is 119 Å². The molecule has 102 valence electrons. The van der Waals surface area contributed by atoms with Crippen molar-refractivity contribution >= 4 is 0 Å². The summed E-state index contributed by atoms with van der Waals surface area (Å²) in [5.41, 5.74) is 3.34. The number of benzene rings is 1. The summed E-state index contributed by atoms with van der Waals surface area (Å²) in [5.74, 6) is 0. The smallest absolute Gasteiger partial charge is 0.0710 e. The first-order chi connectivity index (χ1) is 9.62. The third-order valence-corrected chi connectivity index (χ3v) is 4.13.